The quantitative estimate of drug-likeness (QED) is 0.655. The molecule has 1 aromatic carbocycles. The summed E-state index contributed by atoms with van der Waals surface area (Å²) in [5.41, 5.74) is 6.82. The van der Waals surface area contributed by atoms with Crippen LogP contribution in [0.5, 0.6) is 0 Å². The van der Waals surface area contributed by atoms with Gasteiger partial charge >= 0.3 is 6.03 Å². The summed E-state index contributed by atoms with van der Waals surface area (Å²) in [6, 6.07) is 6.44. The Kier molecular flexibility index (Phi) is 6.99. The molecular formula is C15H21ClN4O3. The maximum Gasteiger partial charge on any atom is 0.324 e. The van der Waals surface area contributed by atoms with E-state index in [4.69, 9.17) is 5.73 Å². The number of carbonyl (C=O) groups excluding carboxylic acids is 3. The molecule has 7 nitrogen and oxygen atoms in total. The molecule has 126 valence electrons. The van der Waals surface area contributed by atoms with Crippen LogP contribution in [-0.2, 0) is 11.3 Å². The van der Waals surface area contributed by atoms with Crippen molar-refractivity contribution >= 4 is 30.3 Å². The van der Waals surface area contributed by atoms with Crippen LogP contribution < -0.4 is 16.4 Å². The van der Waals surface area contributed by atoms with Crippen molar-refractivity contribution < 1.29 is 14.4 Å². The van der Waals surface area contributed by atoms with Crippen molar-refractivity contribution in [3.63, 3.8) is 0 Å². The molecule has 1 aliphatic heterocycles. The topological polar surface area (TPSA) is 105 Å². The monoisotopic (exact) mass is 340 g/mol. The van der Waals surface area contributed by atoms with Crippen LogP contribution in [0, 0.1) is 5.92 Å². The molecular weight excluding hydrogens is 320 g/mol. The molecule has 1 unspecified atom stereocenters. The zero-order chi connectivity index (χ0) is 16.1. The molecule has 4 N–H and O–H groups in total. The minimum absolute atomic E-state index is 0. The van der Waals surface area contributed by atoms with Crippen molar-refractivity contribution in [2.24, 2.45) is 11.7 Å². The van der Waals surface area contributed by atoms with Crippen molar-refractivity contribution in [3.05, 3.63) is 35.4 Å². The van der Waals surface area contributed by atoms with Crippen LogP contribution in [0.2, 0.25) is 0 Å². The first-order valence-corrected chi connectivity index (χ1v) is 7.16. The van der Waals surface area contributed by atoms with Gasteiger partial charge in [0.15, 0.2) is 0 Å². The molecule has 23 heavy (non-hydrogen) atoms. The number of hydrogen-bond donors (Lipinski definition) is 3. The number of benzene rings is 1. The second-order valence-corrected chi connectivity index (χ2v) is 5.39. The minimum Gasteiger partial charge on any atom is -0.352 e. The third kappa shape index (κ3) is 4.94. The zero-order valence-corrected chi connectivity index (χ0v) is 13.7. The molecule has 4 amide bonds. The number of imide groups is 1. The van der Waals surface area contributed by atoms with Crippen LogP contribution in [-0.4, -0.2) is 42.4 Å². The summed E-state index contributed by atoms with van der Waals surface area (Å²) in [7, 11) is 0. The molecule has 0 radical (unpaired) electrons. The Morgan fingerprint density at radius 2 is 2.00 bits per heavy atom. The number of hydrogen-bond acceptors (Lipinski definition) is 4. The number of halogens is 1. The maximum absolute atomic E-state index is 11.9. The molecule has 1 atom stereocenters. The standard InChI is InChI=1S/C15H20N4O3.ClH/c1-10(6-16)7-17-14(21)12-4-2-11(3-5-12)9-19-13(20)8-18-15(19)22;/h2-5,10H,6-9,16H2,1H3,(H,17,21)(H,18,22);1H. The lowest BCUT2D eigenvalue weighted by Gasteiger charge is -2.13. The molecule has 1 heterocycles. The number of urea groups is 1. The van der Waals surface area contributed by atoms with E-state index < -0.39 is 0 Å². The Hall–Kier alpha value is -2.12. The third-order valence-electron chi connectivity index (χ3n) is 3.51. The molecule has 1 saturated heterocycles. The molecule has 0 bridgehead atoms. The van der Waals surface area contributed by atoms with E-state index in [1.807, 2.05) is 6.92 Å². The van der Waals surface area contributed by atoms with E-state index in [1.54, 1.807) is 24.3 Å². The number of nitrogens with one attached hydrogen (secondary N) is 2. The molecule has 0 saturated carbocycles. The highest BCUT2D eigenvalue weighted by atomic mass is 35.5. The van der Waals surface area contributed by atoms with Gasteiger partial charge in [0.2, 0.25) is 5.91 Å². The summed E-state index contributed by atoms with van der Waals surface area (Å²) < 4.78 is 0. The zero-order valence-electron chi connectivity index (χ0n) is 12.9. The predicted octanol–water partition coefficient (Wildman–Crippen LogP) is 0.485. The van der Waals surface area contributed by atoms with E-state index in [1.165, 1.54) is 0 Å². The van der Waals surface area contributed by atoms with Crippen LogP contribution in [0.1, 0.15) is 22.8 Å². The Labute approximate surface area is 141 Å². The number of nitrogens with two attached hydrogens (primary N) is 1. The summed E-state index contributed by atoms with van der Waals surface area (Å²) in [5, 5.41) is 5.27. The van der Waals surface area contributed by atoms with Crippen molar-refractivity contribution in [3.8, 4) is 0 Å². The lowest BCUT2D eigenvalue weighted by atomic mass is 10.1. The van der Waals surface area contributed by atoms with Gasteiger partial charge in [-0.1, -0.05) is 19.1 Å². The second kappa shape index (κ2) is 8.50. The SMILES string of the molecule is CC(CN)CNC(=O)c1ccc(CN2C(=O)CNC2=O)cc1.Cl. The van der Waals surface area contributed by atoms with Gasteiger partial charge in [-0.05, 0) is 30.2 Å². The van der Waals surface area contributed by atoms with Gasteiger partial charge in [0.1, 0.15) is 0 Å². The first-order valence-electron chi connectivity index (χ1n) is 7.16. The van der Waals surface area contributed by atoms with Crippen molar-refractivity contribution in [2.75, 3.05) is 19.6 Å². The smallest absolute Gasteiger partial charge is 0.324 e. The van der Waals surface area contributed by atoms with Crippen LogP contribution in [0.3, 0.4) is 0 Å². The lowest BCUT2D eigenvalue weighted by molar-refractivity contribution is -0.125. The highest BCUT2D eigenvalue weighted by Gasteiger charge is 2.28. The normalized spacial score (nSPS) is 15.0. The van der Waals surface area contributed by atoms with Gasteiger partial charge in [-0.25, -0.2) is 4.79 Å². The molecule has 0 spiro atoms. The summed E-state index contributed by atoms with van der Waals surface area (Å²) in [4.78, 5) is 36.1. The van der Waals surface area contributed by atoms with Gasteiger partial charge in [0, 0.05) is 12.1 Å². The average Bonchev–Trinajstić information content (AvgIpc) is 2.84. The highest BCUT2D eigenvalue weighted by Crippen LogP contribution is 2.10. The molecule has 1 fully saturated rings. The first kappa shape index (κ1) is 18.9. The van der Waals surface area contributed by atoms with Crippen LogP contribution in [0.15, 0.2) is 24.3 Å². The van der Waals surface area contributed by atoms with Crippen molar-refractivity contribution in [2.45, 2.75) is 13.5 Å². The van der Waals surface area contributed by atoms with E-state index in [0.29, 0.717) is 18.7 Å². The van der Waals surface area contributed by atoms with Crippen molar-refractivity contribution in [1.29, 1.82) is 0 Å². The van der Waals surface area contributed by atoms with Gasteiger partial charge in [0.05, 0.1) is 13.1 Å². The van der Waals surface area contributed by atoms with E-state index in [9.17, 15) is 14.4 Å². The minimum atomic E-state index is -0.386. The predicted molar refractivity (Wildman–Crippen MR) is 88.2 cm³/mol. The average molecular weight is 341 g/mol. The molecule has 2 rings (SSSR count). The van der Waals surface area contributed by atoms with Gasteiger partial charge in [-0.3, -0.25) is 14.5 Å². The van der Waals surface area contributed by atoms with Gasteiger partial charge in [0.25, 0.3) is 5.91 Å². The number of carbonyl (C=O) groups is 3. The summed E-state index contributed by atoms with van der Waals surface area (Å²) in [6.45, 7) is 3.25. The van der Waals surface area contributed by atoms with Gasteiger partial charge < -0.3 is 16.4 Å². The Morgan fingerprint density at radius 3 is 2.52 bits per heavy atom. The van der Waals surface area contributed by atoms with E-state index >= 15 is 0 Å². The van der Waals surface area contributed by atoms with E-state index in [0.717, 1.165) is 10.5 Å². The number of amides is 4. The summed E-state index contributed by atoms with van der Waals surface area (Å²) >= 11 is 0. The molecule has 8 heteroatoms. The maximum atomic E-state index is 11.9. The fourth-order valence-corrected chi connectivity index (χ4v) is 2.01. The largest absolute Gasteiger partial charge is 0.352 e. The molecule has 0 aliphatic carbocycles. The van der Waals surface area contributed by atoms with Crippen LogP contribution in [0.25, 0.3) is 0 Å². The second-order valence-electron chi connectivity index (χ2n) is 5.39. The van der Waals surface area contributed by atoms with Crippen LogP contribution in [0.4, 0.5) is 4.79 Å². The molecule has 1 aromatic rings. The Bertz CT molecular complexity index is 561. The molecule has 0 aromatic heterocycles. The van der Waals surface area contributed by atoms with E-state index in [2.05, 4.69) is 10.6 Å². The number of nitrogens with zero attached hydrogens (tertiary/aromatic N) is 1. The first-order chi connectivity index (χ1) is 10.5. The molecule has 1 aliphatic rings. The van der Waals surface area contributed by atoms with Crippen molar-refractivity contribution in [1.82, 2.24) is 15.5 Å². The lowest BCUT2D eigenvalue weighted by Crippen LogP contribution is -2.31. The summed E-state index contributed by atoms with van der Waals surface area (Å²) in [5.74, 6) is -0.188. The highest BCUT2D eigenvalue weighted by molar-refractivity contribution is 6.01. The van der Waals surface area contributed by atoms with Gasteiger partial charge in [-0.2, -0.15) is 0 Å². The van der Waals surface area contributed by atoms with Crippen LogP contribution >= 0.6 is 12.4 Å². The fraction of sp³-hybridized carbons (Fsp3) is 0.400. The van der Waals surface area contributed by atoms with E-state index in [-0.39, 0.29) is 49.3 Å². The third-order valence-corrected chi connectivity index (χ3v) is 3.51. The summed E-state index contributed by atoms with van der Waals surface area (Å²) in [6.07, 6.45) is 0. The Balaban J connectivity index is 0.00000264. The Morgan fingerprint density at radius 1 is 1.35 bits per heavy atom. The number of rotatable bonds is 6. The fourth-order valence-electron chi connectivity index (χ4n) is 2.01. The van der Waals surface area contributed by atoms with Gasteiger partial charge in [-0.15, -0.1) is 12.4 Å².